The van der Waals surface area contributed by atoms with Gasteiger partial charge >= 0.3 is 12.1 Å². The molecular formula is C21H14F4N2O3. The molecule has 0 saturated carbocycles. The highest BCUT2D eigenvalue weighted by molar-refractivity contribution is 6.18. The Labute approximate surface area is 168 Å². The highest BCUT2D eigenvalue weighted by Crippen LogP contribution is 2.33. The first-order valence-corrected chi connectivity index (χ1v) is 8.49. The van der Waals surface area contributed by atoms with Crippen molar-refractivity contribution in [2.45, 2.75) is 6.18 Å². The number of hydrogen-bond acceptors (Lipinski definition) is 5. The zero-order valence-corrected chi connectivity index (χ0v) is 15.5. The van der Waals surface area contributed by atoms with Gasteiger partial charge in [-0.2, -0.15) is 17.6 Å². The van der Waals surface area contributed by atoms with Crippen molar-refractivity contribution in [1.82, 2.24) is 4.98 Å². The van der Waals surface area contributed by atoms with E-state index in [0.29, 0.717) is 11.1 Å². The molecule has 0 aliphatic rings. The lowest BCUT2D eigenvalue weighted by Gasteiger charge is -2.13. The number of carbonyl (C=O) groups is 2. The topological polar surface area (TPSA) is 82.3 Å². The number of anilines is 1. The molecule has 0 bridgehead atoms. The monoisotopic (exact) mass is 418 g/mol. The molecule has 0 aliphatic heterocycles. The smallest absolute Gasteiger partial charge is 0.416 e. The van der Waals surface area contributed by atoms with Gasteiger partial charge in [0.05, 0.1) is 12.7 Å². The summed E-state index contributed by atoms with van der Waals surface area (Å²) in [4.78, 5) is 28.6. The molecule has 0 fully saturated rings. The molecule has 0 aliphatic carbocycles. The van der Waals surface area contributed by atoms with E-state index in [0.717, 1.165) is 25.3 Å². The number of ketones is 1. The predicted octanol–water partition coefficient (Wildman–Crippen LogP) is 4.51. The van der Waals surface area contributed by atoms with Crippen LogP contribution in [0.2, 0.25) is 0 Å². The van der Waals surface area contributed by atoms with Crippen molar-refractivity contribution in [3.8, 4) is 11.1 Å². The van der Waals surface area contributed by atoms with Crippen LogP contribution in [0.3, 0.4) is 0 Å². The SMILES string of the molecule is COC(=O)c1c(C(=O)c2ccccc2-c2ccc(C(F)(F)F)cc2)cc(F)nc1N. The molecule has 3 aromatic rings. The summed E-state index contributed by atoms with van der Waals surface area (Å²) in [6, 6.07) is 11.0. The number of nitrogens with zero attached hydrogens (tertiary/aromatic N) is 1. The molecule has 3 rings (SSSR count). The second-order valence-corrected chi connectivity index (χ2v) is 6.19. The first-order valence-electron chi connectivity index (χ1n) is 8.49. The molecule has 1 heterocycles. The highest BCUT2D eigenvalue weighted by atomic mass is 19.4. The van der Waals surface area contributed by atoms with E-state index in [9.17, 15) is 27.2 Å². The molecule has 0 saturated heterocycles. The largest absolute Gasteiger partial charge is 0.465 e. The van der Waals surface area contributed by atoms with Crippen LogP contribution >= 0.6 is 0 Å². The standard InChI is InChI=1S/C21H14F4N2O3/c1-30-20(29)17-15(10-16(22)27-19(17)26)18(28)14-5-3-2-4-13(14)11-6-8-12(9-7-11)21(23,24)25/h2-10H,1H3,(H2,26,27). The van der Waals surface area contributed by atoms with Crippen LogP contribution in [0.25, 0.3) is 11.1 Å². The number of pyridine rings is 1. The van der Waals surface area contributed by atoms with Gasteiger partial charge in [-0.05, 0) is 23.3 Å². The lowest BCUT2D eigenvalue weighted by Crippen LogP contribution is -2.16. The van der Waals surface area contributed by atoms with Gasteiger partial charge in [-0.1, -0.05) is 36.4 Å². The van der Waals surface area contributed by atoms with E-state index in [2.05, 4.69) is 9.72 Å². The van der Waals surface area contributed by atoms with Crippen LogP contribution in [0.1, 0.15) is 31.8 Å². The van der Waals surface area contributed by atoms with E-state index in [1.54, 1.807) is 6.07 Å². The van der Waals surface area contributed by atoms with Gasteiger partial charge in [0.1, 0.15) is 11.4 Å². The molecule has 0 unspecified atom stereocenters. The fourth-order valence-electron chi connectivity index (χ4n) is 2.94. The summed E-state index contributed by atoms with van der Waals surface area (Å²) < 4.78 is 56.9. The van der Waals surface area contributed by atoms with E-state index in [1.165, 1.54) is 30.3 Å². The number of aromatic nitrogens is 1. The Bertz CT molecular complexity index is 1130. The third kappa shape index (κ3) is 4.00. The van der Waals surface area contributed by atoms with Gasteiger partial charge in [0.15, 0.2) is 5.78 Å². The average Bonchev–Trinajstić information content (AvgIpc) is 2.71. The van der Waals surface area contributed by atoms with Crippen molar-refractivity contribution in [2.24, 2.45) is 0 Å². The van der Waals surface area contributed by atoms with Crippen LogP contribution in [-0.4, -0.2) is 23.8 Å². The number of nitrogens with two attached hydrogens (primary N) is 1. The van der Waals surface area contributed by atoms with E-state index in [1.807, 2.05) is 0 Å². The van der Waals surface area contributed by atoms with Crippen LogP contribution in [0, 0.1) is 5.95 Å². The maximum atomic E-state index is 13.8. The van der Waals surface area contributed by atoms with Gasteiger partial charge < -0.3 is 10.5 Å². The first-order chi connectivity index (χ1) is 14.1. The van der Waals surface area contributed by atoms with Gasteiger partial charge in [0, 0.05) is 17.2 Å². The Morgan fingerprint density at radius 1 is 1.00 bits per heavy atom. The van der Waals surface area contributed by atoms with Crippen molar-refractivity contribution < 1.29 is 31.9 Å². The zero-order valence-electron chi connectivity index (χ0n) is 15.5. The number of benzene rings is 2. The maximum absolute atomic E-state index is 13.8. The van der Waals surface area contributed by atoms with E-state index in [-0.39, 0.29) is 11.1 Å². The van der Waals surface area contributed by atoms with Crippen LogP contribution in [0.15, 0.2) is 54.6 Å². The predicted molar refractivity (Wildman–Crippen MR) is 100 cm³/mol. The van der Waals surface area contributed by atoms with Crippen LogP contribution in [-0.2, 0) is 10.9 Å². The molecule has 2 aromatic carbocycles. The third-order valence-corrected chi connectivity index (χ3v) is 4.35. The second-order valence-electron chi connectivity index (χ2n) is 6.19. The molecule has 1 aromatic heterocycles. The van der Waals surface area contributed by atoms with Gasteiger partial charge in [-0.25, -0.2) is 9.78 Å². The number of nitrogen functional groups attached to an aromatic ring is 1. The van der Waals surface area contributed by atoms with Crippen molar-refractivity contribution in [3.05, 3.63) is 82.8 Å². The third-order valence-electron chi connectivity index (χ3n) is 4.35. The summed E-state index contributed by atoms with van der Waals surface area (Å²) in [6.45, 7) is 0. The Kier molecular flexibility index (Phi) is 5.55. The summed E-state index contributed by atoms with van der Waals surface area (Å²) >= 11 is 0. The lowest BCUT2D eigenvalue weighted by molar-refractivity contribution is -0.137. The molecule has 0 spiro atoms. The number of halogens is 4. The molecule has 30 heavy (non-hydrogen) atoms. The van der Waals surface area contributed by atoms with Crippen LogP contribution in [0.4, 0.5) is 23.4 Å². The minimum absolute atomic E-state index is 0.0346. The van der Waals surface area contributed by atoms with Crippen molar-refractivity contribution in [3.63, 3.8) is 0 Å². The maximum Gasteiger partial charge on any atom is 0.416 e. The van der Waals surface area contributed by atoms with Crippen LogP contribution in [0.5, 0.6) is 0 Å². The van der Waals surface area contributed by atoms with Crippen LogP contribution < -0.4 is 5.73 Å². The quantitative estimate of drug-likeness (QED) is 0.292. The number of rotatable bonds is 4. The minimum atomic E-state index is -4.50. The van der Waals surface area contributed by atoms with E-state index in [4.69, 9.17) is 5.73 Å². The number of carbonyl (C=O) groups excluding carboxylic acids is 2. The second kappa shape index (κ2) is 7.94. The molecule has 0 radical (unpaired) electrons. The fourth-order valence-corrected chi connectivity index (χ4v) is 2.94. The first kappa shape index (κ1) is 21.0. The summed E-state index contributed by atoms with van der Waals surface area (Å²) in [5.41, 5.74) is 4.66. The summed E-state index contributed by atoms with van der Waals surface area (Å²) in [5, 5.41) is 0. The number of hydrogen-bond donors (Lipinski definition) is 1. The van der Waals surface area contributed by atoms with Gasteiger partial charge in [0.25, 0.3) is 0 Å². The van der Waals surface area contributed by atoms with Crippen molar-refractivity contribution >= 4 is 17.6 Å². The van der Waals surface area contributed by atoms with Gasteiger partial charge in [-0.15, -0.1) is 0 Å². The van der Waals surface area contributed by atoms with E-state index >= 15 is 0 Å². The van der Waals surface area contributed by atoms with Crippen molar-refractivity contribution in [2.75, 3.05) is 12.8 Å². The normalized spacial score (nSPS) is 11.2. The Balaban J connectivity index is 2.14. The molecule has 154 valence electrons. The molecule has 0 amide bonds. The molecule has 0 atom stereocenters. The number of methoxy groups -OCH3 is 1. The molecule has 9 heteroatoms. The zero-order chi connectivity index (χ0) is 22.1. The van der Waals surface area contributed by atoms with Gasteiger partial charge in [0.2, 0.25) is 5.95 Å². The molecule has 2 N–H and O–H groups in total. The summed E-state index contributed by atoms with van der Waals surface area (Å²) in [6.07, 6.45) is -4.50. The molecular weight excluding hydrogens is 404 g/mol. The highest BCUT2D eigenvalue weighted by Gasteiger charge is 2.30. The lowest BCUT2D eigenvalue weighted by atomic mass is 9.92. The fraction of sp³-hybridized carbons (Fsp3) is 0.0952. The molecule has 5 nitrogen and oxygen atoms in total. The number of esters is 1. The summed E-state index contributed by atoms with van der Waals surface area (Å²) in [7, 11) is 1.07. The Morgan fingerprint density at radius 2 is 1.63 bits per heavy atom. The van der Waals surface area contributed by atoms with Crippen molar-refractivity contribution in [1.29, 1.82) is 0 Å². The van der Waals surface area contributed by atoms with E-state index < -0.39 is 40.8 Å². The minimum Gasteiger partial charge on any atom is -0.465 e. The Morgan fingerprint density at radius 3 is 2.23 bits per heavy atom. The summed E-state index contributed by atoms with van der Waals surface area (Å²) in [5.74, 6) is -3.33. The average molecular weight is 418 g/mol. The van der Waals surface area contributed by atoms with Gasteiger partial charge in [-0.3, -0.25) is 4.79 Å². The Hall–Kier alpha value is -3.75. The number of alkyl halides is 3. The number of ether oxygens (including phenoxy) is 1.